The van der Waals surface area contributed by atoms with Crippen molar-refractivity contribution in [2.75, 3.05) is 38.3 Å². The molecule has 4 rings (SSSR count). The van der Waals surface area contributed by atoms with Gasteiger partial charge >= 0.3 is 0 Å². The van der Waals surface area contributed by atoms with E-state index in [1.165, 1.54) is 18.9 Å². The van der Waals surface area contributed by atoms with Crippen molar-refractivity contribution in [2.45, 2.75) is 26.3 Å². The molecule has 0 saturated carbocycles. The van der Waals surface area contributed by atoms with Crippen LogP contribution in [0.5, 0.6) is 11.5 Å². The van der Waals surface area contributed by atoms with Crippen LogP contribution in [0.3, 0.4) is 0 Å². The van der Waals surface area contributed by atoms with E-state index < -0.39 is 5.82 Å². The van der Waals surface area contributed by atoms with E-state index in [-0.39, 0.29) is 11.5 Å². The third-order valence-corrected chi connectivity index (χ3v) is 5.89. The van der Waals surface area contributed by atoms with E-state index in [2.05, 4.69) is 11.8 Å². The van der Waals surface area contributed by atoms with Gasteiger partial charge in [0.2, 0.25) is 0 Å². The molecule has 5 nitrogen and oxygen atoms in total. The highest BCUT2D eigenvalue weighted by atomic mass is 19.1. The van der Waals surface area contributed by atoms with E-state index in [9.17, 15) is 9.18 Å². The summed E-state index contributed by atoms with van der Waals surface area (Å²) in [5, 5.41) is 0. The van der Waals surface area contributed by atoms with Crippen LogP contribution in [0.25, 0.3) is 0 Å². The number of rotatable bonds is 6. The largest absolute Gasteiger partial charge is 0.493 e. The van der Waals surface area contributed by atoms with Gasteiger partial charge in [0.05, 0.1) is 19.2 Å². The molecule has 1 saturated heterocycles. The first-order valence-electron chi connectivity index (χ1n) is 10.2. The maximum absolute atomic E-state index is 14.1. The highest BCUT2D eigenvalue weighted by molar-refractivity contribution is 6.10. The average molecular weight is 398 g/mol. The van der Waals surface area contributed by atoms with Crippen molar-refractivity contribution in [2.24, 2.45) is 5.92 Å². The molecule has 0 N–H and O–H groups in total. The summed E-state index contributed by atoms with van der Waals surface area (Å²) in [6, 6.07) is 10.1. The molecule has 6 heteroatoms. The minimum atomic E-state index is -0.476. The lowest BCUT2D eigenvalue weighted by Crippen LogP contribution is -2.35. The van der Waals surface area contributed by atoms with Gasteiger partial charge in [-0.1, -0.05) is 19.1 Å². The smallest absolute Gasteiger partial charge is 0.261 e. The molecule has 2 aromatic carbocycles. The number of anilines is 1. The quantitative estimate of drug-likeness (QED) is 0.735. The van der Waals surface area contributed by atoms with Crippen LogP contribution in [0.2, 0.25) is 0 Å². The minimum absolute atomic E-state index is 0.158. The van der Waals surface area contributed by atoms with E-state index in [1.54, 1.807) is 42.3 Å². The number of amides is 1. The van der Waals surface area contributed by atoms with Crippen molar-refractivity contribution in [3.8, 4) is 11.5 Å². The highest BCUT2D eigenvalue weighted by Crippen LogP contribution is 2.36. The SMILES string of the molecule is COc1ccc(N2Cc3cccc(F)c3C2=O)cc1OCCN1CCC(C)CC1. The van der Waals surface area contributed by atoms with Gasteiger partial charge in [-0.3, -0.25) is 9.69 Å². The Morgan fingerprint density at radius 2 is 1.93 bits per heavy atom. The molecular weight excluding hydrogens is 371 g/mol. The van der Waals surface area contributed by atoms with Crippen LogP contribution in [0.4, 0.5) is 10.1 Å². The summed E-state index contributed by atoms with van der Waals surface area (Å²) in [6.45, 7) is 6.27. The van der Waals surface area contributed by atoms with E-state index in [0.717, 1.165) is 25.6 Å². The van der Waals surface area contributed by atoms with Gasteiger partial charge in [0, 0.05) is 18.3 Å². The molecule has 0 radical (unpaired) electrons. The number of carbonyl (C=O) groups is 1. The van der Waals surface area contributed by atoms with Crippen molar-refractivity contribution >= 4 is 11.6 Å². The number of carbonyl (C=O) groups excluding carboxylic acids is 1. The molecule has 0 unspecified atom stereocenters. The molecule has 154 valence electrons. The summed E-state index contributed by atoms with van der Waals surface area (Å²) < 4.78 is 25.5. The van der Waals surface area contributed by atoms with Crippen LogP contribution in [-0.2, 0) is 6.54 Å². The van der Waals surface area contributed by atoms with Gasteiger partial charge in [-0.15, -0.1) is 0 Å². The molecule has 0 aliphatic carbocycles. The van der Waals surface area contributed by atoms with Gasteiger partial charge in [0.25, 0.3) is 5.91 Å². The molecule has 2 aliphatic heterocycles. The van der Waals surface area contributed by atoms with Crippen molar-refractivity contribution in [3.63, 3.8) is 0 Å². The normalized spacial score (nSPS) is 17.5. The van der Waals surface area contributed by atoms with Crippen LogP contribution in [0.15, 0.2) is 36.4 Å². The Morgan fingerprint density at radius 3 is 2.66 bits per heavy atom. The maximum Gasteiger partial charge on any atom is 0.261 e. The second kappa shape index (κ2) is 8.41. The third kappa shape index (κ3) is 4.08. The number of hydrogen-bond acceptors (Lipinski definition) is 4. The van der Waals surface area contributed by atoms with Crippen LogP contribution >= 0.6 is 0 Å². The Morgan fingerprint density at radius 1 is 1.14 bits per heavy atom. The molecule has 1 fully saturated rings. The zero-order chi connectivity index (χ0) is 20.4. The van der Waals surface area contributed by atoms with E-state index in [1.807, 2.05) is 0 Å². The lowest BCUT2D eigenvalue weighted by atomic mass is 9.99. The van der Waals surface area contributed by atoms with Crippen molar-refractivity contribution in [1.82, 2.24) is 4.90 Å². The zero-order valence-corrected chi connectivity index (χ0v) is 17.0. The Hall–Kier alpha value is -2.60. The van der Waals surface area contributed by atoms with E-state index in [4.69, 9.17) is 9.47 Å². The Bertz CT molecular complexity index is 894. The number of fused-ring (bicyclic) bond motifs is 1. The summed E-state index contributed by atoms with van der Waals surface area (Å²) in [7, 11) is 1.60. The van der Waals surface area contributed by atoms with Gasteiger partial charge in [0.15, 0.2) is 11.5 Å². The summed E-state index contributed by atoms with van der Waals surface area (Å²) in [5.74, 6) is 1.22. The number of benzene rings is 2. The molecule has 0 atom stereocenters. The number of hydrogen-bond donors (Lipinski definition) is 0. The summed E-state index contributed by atoms with van der Waals surface area (Å²) in [4.78, 5) is 16.7. The summed E-state index contributed by atoms with van der Waals surface area (Å²) in [5.41, 5.74) is 1.53. The fourth-order valence-electron chi connectivity index (χ4n) is 4.04. The predicted octanol–water partition coefficient (Wildman–Crippen LogP) is 4.11. The van der Waals surface area contributed by atoms with Gasteiger partial charge in [-0.2, -0.15) is 0 Å². The molecular formula is C23H27FN2O3. The van der Waals surface area contributed by atoms with Gasteiger partial charge in [0.1, 0.15) is 12.4 Å². The summed E-state index contributed by atoms with van der Waals surface area (Å²) >= 11 is 0. The van der Waals surface area contributed by atoms with Crippen LogP contribution < -0.4 is 14.4 Å². The standard InChI is InChI=1S/C23H27FN2O3/c1-16-8-10-25(11-9-16)12-13-29-21-14-18(6-7-20(21)28-2)26-15-17-4-3-5-19(24)22(17)23(26)27/h3-7,14,16H,8-13,15H2,1-2H3. The number of likely N-dealkylation sites (tertiary alicyclic amines) is 1. The third-order valence-electron chi connectivity index (χ3n) is 5.89. The minimum Gasteiger partial charge on any atom is -0.493 e. The van der Waals surface area contributed by atoms with E-state index in [0.29, 0.717) is 35.9 Å². The molecule has 1 amide bonds. The fraction of sp³-hybridized carbons (Fsp3) is 0.435. The number of methoxy groups -OCH3 is 1. The number of nitrogens with zero attached hydrogens (tertiary/aromatic N) is 2. The van der Waals surface area contributed by atoms with Crippen LogP contribution in [0.1, 0.15) is 35.7 Å². The first kappa shape index (κ1) is 19.7. The van der Waals surface area contributed by atoms with Gasteiger partial charge in [-0.05, 0) is 55.6 Å². The average Bonchev–Trinajstić information content (AvgIpc) is 3.07. The topological polar surface area (TPSA) is 42.0 Å². The van der Waals surface area contributed by atoms with Crippen molar-refractivity contribution < 1.29 is 18.7 Å². The Kier molecular flexibility index (Phi) is 5.72. The van der Waals surface area contributed by atoms with Gasteiger partial charge < -0.3 is 14.4 Å². The van der Waals surface area contributed by atoms with Crippen LogP contribution in [-0.4, -0.2) is 44.2 Å². The Balaban J connectivity index is 1.46. The monoisotopic (exact) mass is 398 g/mol. The van der Waals surface area contributed by atoms with Crippen molar-refractivity contribution in [3.05, 3.63) is 53.3 Å². The number of piperidine rings is 1. The van der Waals surface area contributed by atoms with E-state index >= 15 is 0 Å². The Labute approximate surface area is 171 Å². The first-order chi connectivity index (χ1) is 14.1. The maximum atomic E-state index is 14.1. The highest BCUT2D eigenvalue weighted by Gasteiger charge is 2.31. The predicted molar refractivity (Wildman–Crippen MR) is 110 cm³/mol. The lowest BCUT2D eigenvalue weighted by Gasteiger charge is -2.30. The molecule has 29 heavy (non-hydrogen) atoms. The van der Waals surface area contributed by atoms with Crippen molar-refractivity contribution in [1.29, 1.82) is 0 Å². The molecule has 2 aromatic rings. The molecule has 0 aromatic heterocycles. The number of halogens is 1. The molecule has 2 aliphatic rings. The number of ether oxygens (including phenoxy) is 2. The molecule has 0 bridgehead atoms. The van der Waals surface area contributed by atoms with Crippen LogP contribution in [0, 0.1) is 11.7 Å². The lowest BCUT2D eigenvalue weighted by molar-refractivity contribution is 0.0993. The summed E-state index contributed by atoms with van der Waals surface area (Å²) in [6.07, 6.45) is 2.46. The fourth-order valence-corrected chi connectivity index (χ4v) is 4.04. The van der Waals surface area contributed by atoms with Gasteiger partial charge in [-0.25, -0.2) is 4.39 Å². The second-order valence-electron chi connectivity index (χ2n) is 7.87. The second-order valence-corrected chi connectivity index (χ2v) is 7.87. The zero-order valence-electron chi connectivity index (χ0n) is 17.0. The molecule has 2 heterocycles. The molecule has 0 spiro atoms. The first-order valence-corrected chi connectivity index (χ1v) is 10.2.